The first-order valence-corrected chi connectivity index (χ1v) is 8.19. The number of carbonyl (C=O) groups excluding carboxylic acids is 2. The maximum Gasteiger partial charge on any atom is 0.269 e. The Morgan fingerprint density at radius 3 is 2.37 bits per heavy atom. The summed E-state index contributed by atoms with van der Waals surface area (Å²) >= 11 is 6.04. The summed E-state index contributed by atoms with van der Waals surface area (Å²) in [5.41, 5.74) is 6.41. The van der Waals surface area contributed by atoms with Gasteiger partial charge in [-0.1, -0.05) is 11.6 Å². The second-order valence-corrected chi connectivity index (χ2v) is 5.73. The molecule has 2 aromatic rings. The molecule has 0 fully saturated rings. The number of hydrogen-bond acceptors (Lipinski definition) is 6. The van der Waals surface area contributed by atoms with Crippen molar-refractivity contribution in [1.82, 2.24) is 15.8 Å². The number of ether oxygens (including phenoxy) is 2. The minimum atomic E-state index is -0.430. The molecule has 0 radical (unpaired) electrons. The standard InChI is InChI=1S/C18H19ClN4O4/c1-11(22-23-18(25)12-4-6-20-7-5-12)8-17(24)21-14-10-15(26-2)13(19)9-16(14)27-3/h4-10,22H,1-3H3,(H,21,24)(H,23,25)/b11-8-. The van der Waals surface area contributed by atoms with Gasteiger partial charge in [0.1, 0.15) is 11.5 Å². The van der Waals surface area contributed by atoms with Crippen molar-refractivity contribution in [1.29, 1.82) is 0 Å². The summed E-state index contributed by atoms with van der Waals surface area (Å²) in [7, 11) is 2.93. The summed E-state index contributed by atoms with van der Waals surface area (Å²) < 4.78 is 10.3. The Balaban J connectivity index is 2.00. The Labute approximate surface area is 161 Å². The van der Waals surface area contributed by atoms with Crippen LogP contribution in [0.2, 0.25) is 5.02 Å². The first-order valence-electron chi connectivity index (χ1n) is 7.81. The molecule has 0 saturated heterocycles. The number of amides is 2. The molecule has 1 aromatic carbocycles. The van der Waals surface area contributed by atoms with E-state index in [2.05, 4.69) is 21.2 Å². The number of benzene rings is 1. The molecule has 1 aromatic heterocycles. The molecule has 27 heavy (non-hydrogen) atoms. The molecule has 9 heteroatoms. The molecule has 0 atom stereocenters. The maximum atomic E-state index is 12.2. The molecule has 1 heterocycles. The molecule has 142 valence electrons. The van der Waals surface area contributed by atoms with E-state index in [1.54, 1.807) is 31.2 Å². The van der Waals surface area contributed by atoms with Crippen molar-refractivity contribution in [3.8, 4) is 11.5 Å². The van der Waals surface area contributed by atoms with Crippen molar-refractivity contribution in [2.75, 3.05) is 19.5 Å². The van der Waals surface area contributed by atoms with E-state index >= 15 is 0 Å². The molecule has 0 aliphatic carbocycles. The van der Waals surface area contributed by atoms with Gasteiger partial charge in [-0.25, -0.2) is 0 Å². The largest absolute Gasteiger partial charge is 0.495 e. The highest BCUT2D eigenvalue weighted by molar-refractivity contribution is 6.32. The average Bonchev–Trinajstić information content (AvgIpc) is 2.67. The Hall–Kier alpha value is -3.26. The van der Waals surface area contributed by atoms with E-state index in [9.17, 15) is 9.59 Å². The van der Waals surface area contributed by atoms with Crippen LogP contribution >= 0.6 is 11.6 Å². The van der Waals surface area contributed by atoms with Crippen LogP contribution in [0.4, 0.5) is 5.69 Å². The number of allylic oxidation sites excluding steroid dienone is 1. The molecule has 8 nitrogen and oxygen atoms in total. The van der Waals surface area contributed by atoms with Crippen LogP contribution < -0.4 is 25.6 Å². The third kappa shape index (κ3) is 5.61. The van der Waals surface area contributed by atoms with Gasteiger partial charge < -0.3 is 20.2 Å². The summed E-state index contributed by atoms with van der Waals surface area (Å²) in [6.07, 6.45) is 4.31. The number of nitrogens with zero attached hydrogens (tertiary/aromatic N) is 1. The molecule has 0 saturated carbocycles. The lowest BCUT2D eigenvalue weighted by Crippen LogP contribution is -2.36. The molecule has 0 aliphatic rings. The van der Waals surface area contributed by atoms with E-state index in [1.807, 2.05) is 0 Å². The Bertz CT molecular complexity index is 856. The summed E-state index contributed by atoms with van der Waals surface area (Å²) in [6.45, 7) is 1.63. The van der Waals surface area contributed by atoms with Crippen LogP contribution in [-0.2, 0) is 4.79 Å². The van der Waals surface area contributed by atoms with Crippen molar-refractivity contribution < 1.29 is 19.1 Å². The Morgan fingerprint density at radius 1 is 1.07 bits per heavy atom. The quantitative estimate of drug-likeness (QED) is 0.496. The van der Waals surface area contributed by atoms with Gasteiger partial charge in [-0.15, -0.1) is 0 Å². The number of hydrogen-bond donors (Lipinski definition) is 3. The lowest BCUT2D eigenvalue weighted by Gasteiger charge is -2.13. The third-order valence-electron chi connectivity index (χ3n) is 3.40. The maximum absolute atomic E-state index is 12.2. The Kier molecular flexibility index (Phi) is 7.01. The zero-order chi connectivity index (χ0) is 19.8. The number of nitrogens with one attached hydrogen (secondary N) is 3. The van der Waals surface area contributed by atoms with Crippen LogP contribution in [0.25, 0.3) is 0 Å². The number of aromatic nitrogens is 1. The number of pyridine rings is 1. The minimum absolute atomic E-state index is 0.352. The SMILES string of the molecule is COc1cc(NC(=O)/C=C(/C)NNC(=O)c2ccncc2)c(OC)cc1Cl. The van der Waals surface area contributed by atoms with Crippen LogP contribution in [0.15, 0.2) is 48.4 Å². The van der Waals surface area contributed by atoms with Gasteiger partial charge in [0.15, 0.2) is 0 Å². The second kappa shape index (κ2) is 9.44. The molecule has 2 rings (SSSR count). The third-order valence-corrected chi connectivity index (χ3v) is 3.69. The summed E-state index contributed by atoms with van der Waals surface area (Å²) in [5.74, 6) is 0.00543. The highest BCUT2D eigenvalue weighted by Crippen LogP contribution is 2.35. The van der Waals surface area contributed by atoms with E-state index in [4.69, 9.17) is 21.1 Å². The van der Waals surface area contributed by atoms with Gasteiger partial charge in [-0.3, -0.25) is 20.0 Å². The average molecular weight is 391 g/mol. The highest BCUT2D eigenvalue weighted by atomic mass is 35.5. The number of methoxy groups -OCH3 is 2. The van der Waals surface area contributed by atoms with Crippen molar-refractivity contribution in [3.05, 3.63) is 59.0 Å². The fraction of sp³-hybridized carbons (Fsp3) is 0.167. The summed E-state index contributed by atoms with van der Waals surface area (Å²) in [5, 5.41) is 3.03. The van der Waals surface area contributed by atoms with Crippen LogP contribution in [0.1, 0.15) is 17.3 Å². The van der Waals surface area contributed by atoms with Crippen molar-refractivity contribution in [2.45, 2.75) is 6.92 Å². The lowest BCUT2D eigenvalue weighted by atomic mass is 10.2. The van der Waals surface area contributed by atoms with Gasteiger partial charge in [0.2, 0.25) is 5.91 Å². The molecule has 0 spiro atoms. The zero-order valence-corrected chi connectivity index (χ0v) is 15.8. The van der Waals surface area contributed by atoms with E-state index in [0.29, 0.717) is 33.5 Å². The van der Waals surface area contributed by atoms with E-state index in [0.717, 1.165) is 0 Å². The number of anilines is 1. The molecule has 0 aliphatic heterocycles. The van der Waals surface area contributed by atoms with Crippen molar-refractivity contribution in [2.24, 2.45) is 0 Å². The normalized spacial score (nSPS) is 10.7. The molecule has 0 unspecified atom stereocenters. The van der Waals surface area contributed by atoms with Crippen molar-refractivity contribution in [3.63, 3.8) is 0 Å². The molecular formula is C18H19ClN4O4. The minimum Gasteiger partial charge on any atom is -0.495 e. The van der Waals surface area contributed by atoms with E-state index < -0.39 is 5.91 Å². The number of rotatable bonds is 7. The van der Waals surface area contributed by atoms with Gasteiger partial charge in [0.05, 0.1) is 24.9 Å². The number of carbonyl (C=O) groups is 2. The van der Waals surface area contributed by atoms with Crippen LogP contribution in [0.5, 0.6) is 11.5 Å². The summed E-state index contributed by atoms with van der Waals surface area (Å²) in [4.78, 5) is 28.0. The smallest absolute Gasteiger partial charge is 0.269 e. The summed E-state index contributed by atoms with van der Waals surface area (Å²) in [6, 6.07) is 6.24. The first kappa shape index (κ1) is 20.1. The van der Waals surface area contributed by atoms with E-state index in [1.165, 1.54) is 32.7 Å². The molecule has 0 bridgehead atoms. The topological polar surface area (TPSA) is 102 Å². The monoisotopic (exact) mass is 390 g/mol. The molecule has 2 amide bonds. The van der Waals surface area contributed by atoms with E-state index in [-0.39, 0.29) is 5.91 Å². The molecule has 3 N–H and O–H groups in total. The fourth-order valence-electron chi connectivity index (χ4n) is 2.09. The highest BCUT2D eigenvalue weighted by Gasteiger charge is 2.12. The number of hydrazine groups is 1. The zero-order valence-electron chi connectivity index (χ0n) is 15.0. The van der Waals surface area contributed by atoms with Gasteiger partial charge in [0.25, 0.3) is 5.91 Å². The Morgan fingerprint density at radius 2 is 1.74 bits per heavy atom. The van der Waals surface area contributed by atoms with Crippen LogP contribution in [-0.4, -0.2) is 31.0 Å². The predicted octanol–water partition coefficient (Wildman–Crippen LogP) is 2.53. The van der Waals surface area contributed by atoms with Gasteiger partial charge in [-0.05, 0) is 19.1 Å². The molecular weight excluding hydrogens is 372 g/mol. The van der Waals surface area contributed by atoms with Crippen LogP contribution in [0, 0.1) is 0 Å². The predicted molar refractivity (Wildman–Crippen MR) is 102 cm³/mol. The van der Waals surface area contributed by atoms with Gasteiger partial charge in [-0.2, -0.15) is 0 Å². The number of halogens is 1. The van der Waals surface area contributed by atoms with Gasteiger partial charge in [0, 0.05) is 41.9 Å². The second-order valence-electron chi connectivity index (χ2n) is 5.32. The van der Waals surface area contributed by atoms with Crippen LogP contribution in [0.3, 0.4) is 0 Å². The van der Waals surface area contributed by atoms with Crippen molar-refractivity contribution >= 4 is 29.1 Å². The lowest BCUT2D eigenvalue weighted by molar-refractivity contribution is -0.112. The first-order chi connectivity index (χ1) is 12.9. The van der Waals surface area contributed by atoms with Gasteiger partial charge >= 0.3 is 0 Å². The fourth-order valence-corrected chi connectivity index (χ4v) is 2.32.